The number of hydrogen-bond donors (Lipinski definition) is 1. The normalized spacial score (nSPS) is 16.4. The molecular weight excluding hydrogens is 392 g/mol. The molecule has 1 atom stereocenters. The van der Waals surface area contributed by atoms with E-state index in [2.05, 4.69) is 5.32 Å². The van der Waals surface area contributed by atoms with E-state index >= 15 is 0 Å². The van der Waals surface area contributed by atoms with Gasteiger partial charge in [0, 0.05) is 17.8 Å². The largest absolute Gasteiger partial charge is 0.476 e. The first-order chi connectivity index (χ1) is 12.8. The lowest BCUT2D eigenvalue weighted by Crippen LogP contribution is -2.48. The second-order valence-electron chi connectivity index (χ2n) is 6.14. The molecule has 0 radical (unpaired) electrons. The van der Waals surface area contributed by atoms with Crippen LogP contribution in [0.1, 0.15) is 5.56 Å². The maximum atomic E-state index is 12.7. The number of methoxy groups -OCH3 is 1. The van der Waals surface area contributed by atoms with Crippen LogP contribution in [0.25, 0.3) is 0 Å². The van der Waals surface area contributed by atoms with Gasteiger partial charge in [-0.05, 0) is 35.9 Å². The van der Waals surface area contributed by atoms with Crippen molar-refractivity contribution >= 4 is 38.9 Å². The van der Waals surface area contributed by atoms with Gasteiger partial charge in [0.1, 0.15) is 5.75 Å². The van der Waals surface area contributed by atoms with Crippen molar-refractivity contribution in [3.8, 4) is 5.75 Å². The Morgan fingerprint density at radius 3 is 2.81 bits per heavy atom. The molecule has 1 N–H and O–H groups in total. The lowest BCUT2D eigenvalue weighted by molar-refractivity contribution is -0.122. The molecule has 0 aromatic heterocycles. The Balaban J connectivity index is 1.84. The molecule has 1 aliphatic rings. The van der Waals surface area contributed by atoms with Crippen molar-refractivity contribution in [3.05, 3.63) is 53.1 Å². The fourth-order valence-corrected chi connectivity index (χ4v) is 3.88. The molecule has 9 heteroatoms. The first kappa shape index (κ1) is 19.5. The van der Waals surface area contributed by atoms with Crippen LogP contribution in [-0.4, -0.2) is 40.3 Å². The van der Waals surface area contributed by atoms with Crippen molar-refractivity contribution in [1.82, 2.24) is 0 Å². The summed E-state index contributed by atoms with van der Waals surface area (Å²) in [5.41, 5.74) is 1.79. The third-order valence-corrected chi connectivity index (χ3v) is 5.37. The van der Waals surface area contributed by atoms with Crippen LogP contribution in [0.15, 0.2) is 42.5 Å². The third kappa shape index (κ3) is 4.52. The van der Waals surface area contributed by atoms with Gasteiger partial charge in [-0.1, -0.05) is 23.7 Å². The van der Waals surface area contributed by atoms with E-state index in [4.69, 9.17) is 21.1 Å². The number of benzene rings is 2. The van der Waals surface area contributed by atoms with Crippen LogP contribution in [0.2, 0.25) is 5.02 Å². The van der Waals surface area contributed by atoms with Gasteiger partial charge in [-0.2, -0.15) is 0 Å². The fraction of sp³-hybridized carbons (Fsp3) is 0.278. The molecule has 2 aromatic rings. The summed E-state index contributed by atoms with van der Waals surface area (Å²) in [7, 11) is -2.02. The average Bonchev–Trinajstić information content (AvgIpc) is 2.60. The number of fused-ring (bicyclic) bond motifs is 1. The molecule has 0 saturated carbocycles. The molecule has 0 saturated heterocycles. The van der Waals surface area contributed by atoms with E-state index in [-0.39, 0.29) is 12.3 Å². The summed E-state index contributed by atoms with van der Waals surface area (Å²) in [5.74, 6) is -0.164. The number of nitrogens with one attached hydrogen (secondary N) is 1. The summed E-state index contributed by atoms with van der Waals surface area (Å²) in [4.78, 5) is 12.7. The predicted octanol–water partition coefficient (Wildman–Crippen LogP) is 2.65. The highest BCUT2D eigenvalue weighted by Gasteiger charge is 2.35. The number of hydrogen-bond acceptors (Lipinski definition) is 5. The van der Waals surface area contributed by atoms with E-state index in [0.29, 0.717) is 23.0 Å². The highest BCUT2D eigenvalue weighted by Crippen LogP contribution is 2.37. The minimum absolute atomic E-state index is 0.143. The number of carbonyl (C=O) groups excluding carboxylic acids is 1. The Bertz CT molecular complexity index is 964. The number of rotatable bonds is 5. The number of nitrogens with zero attached hydrogens (tertiary/aromatic N) is 1. The van der Waals surface area contributed by atoms with Crippen molar-refractivity contribution in [2.24, 2.45) is 0 Å². The lowest BCUT2D eigenvalue weighted by Gasteiger charge is -2.34. The van der Waals surface area contributed by atoms with Crippen LogP contribution < -0.4 is 14.4 Å². The van der Waals surface area contributed by atoms with E-state index < -0.39 is 22.0 Å². The van der Waals surface area contributed by atoms with Crippen LogP contribution in [-0.2, 0) is 26.2 Å². The number of anilines is 2. The quantitative estimate of drug-likeness (QED) is 0.819. The van der Waals surface area contributed by atoms with Crippen LogP contribution in [0.4, 0.5) is 11.4 Å². The second kappa shape index (κ2) is 7.75. The standard InChI is InChI=1S/C18H19ClN2O5S/c1-25-11-12-4-3-5-14(8-12)20-18(22)17-10-21(27(2,23)24)15-9-13(19)6-7-16(15)26-17/h3-9,17H,10-11H2,1-2H3,(H,20,22). The fourth-order valence-electron chi connectivity index (χ4n) is 2.80. The second-order valence-corrected chi connectivity index (χ2v) is 8.48. The van der Waals surface area contributed by atoms with Crippen molar-refractivity contribution in [2.75, 3.05) is 29.5 Å². The SMILES string of the molecule is COCc1cccc(NC(=O)C2CN(S(C)(=O)=O)c3cc(Cl)ccc3O2)c1. The maximum Gasteiger partial charge on any atom is 0.267 e. The smallest absolute Gasteiger partial charge is 0.267 e. The van der Waals surface area contributed by atoms with Crippen LogP contribution >= 0.6 is 11.6 Å². The summed E-state index contributed by atoms with van der Waals surface area (Å²) in [6.45, 7) is 0.273. The number of sulfonamides is 1. The Labute approximate surface area is 162 Å². The number of amides is 1. The Hall–Kier alpha value is -2.29. The first-order valence-electron chi connectivity index (χ1n) is 8.10. The van der Waals surface area contributed by atoms with E-state index in [1.54, 1.807) is 37.4 Å². The molecule has 2 aromatic carbocycles. The summed E-state index contributed by atoms with van der Waals surface area (Å²) in [6, 6.07) is 11.8. The van der Waals surface area contributed by atoms with Crippen molar-refractivity contribution in [2.45, 2.75) is 12.7 Å². The molecule has 27 heavy (non-hydrogen) atoms. The summed E-state index contributed by atoms with van der Waals surface area (Å²) in [6.07, 6.45) is 0.0751. The molecule has 3 rings (SSSR count). The molecule has 0 aliphatic carbocycles. The third-order valence-electron chi connectivity index (χ3n) is 3.99. The zero-order chi connectivity index (χ0) is 19.6. The topological polar surface area (TPSA) is 84.9 Å². The number of halogens is 1. The Kier molecular flexibility index (Phi) is 5.59. The van der Waals surface area contributed by atoms with Crippen molar-refractivity contribution in [3.63, 3.8) is 0 Å². The van der Waals surface area contributed by atoms with Gasteiger partial charge in [0.05, 0.1) is 25.1 Å². The lowest BCUT2D eigenvalue weighted by atomic mass is 10.2. The summed E-state index contributed by atoms with van der Waals surface area (Å²) < 4.78 is 36.3. The van der Waals surface area contributed by atoms with Crippen molar-refractivity contribution in [1.29, 1.82) is 0 Å². The molecule has 1 heterocycles. The predicted molar refractivity (Wildman–Crippen MR) is 104 cm³/mol. The molecular formula is C18H19ClN2O5S. The van der Waals surface area contributed by atoms with E-state index in [9.17, 15) is 13.2 Å². The molecule has 1 amide bonds. The minimum atomic E-state index is -3.61. The molecule has 0 fully saturated rings. The zero-order valence-electron chi connectivity index (χ0n) is 14.8. The Morgan fingerprint density at radius 2 is 2.11 bits per heavy atom. The maximum absolute atomic E-state index is 12.7. The van der Waals surface area contributed by atoms with E-state index in [0.717, 1.165) is 16.1 Å². The monoisotopic (exact) mass is 410 g/mol. The molecule has 0 spiro atoms. The molecule has 1 aliphatic heterocycles. The van der Waals surface area contributed by atoms with Gasteiger partial charge >= 0.3 is 0 Å². The van der Waals surface area contributed by atoms with Gasteiger partial charge in [-0.3, -0.25) is 9.10 Å². The van der Waals surface area contributed by atoms with Crippen molar-refractivity contribution < 1.29 is 22.7 Å². The number of ether oxygens (including phenoxy) is 2. The molecule has 7 nitrogen and oxygen atoms in total. The van der Waals surface area contributed by atoms with Crippen LogP contribution in [0, 0.1) is 0 Å². The van der Waals surface area contributed by atoms with Crippen LogP contribution in [0.3, 0.4) is 0 Å². The van der Waals surface area contributed by atoms with Gasteiger partial charge in [0.2, 0.25) is 10.0 Å². The molecule has 144 valence electrons. The van der Waals surface area contributed by atoms with E-state index in [1.165, 1.54) is 6.07 Å². The minimum Gasteiger partial charge on any atom is -0.476 e. The first-order valence-corrected chi connectivity index (χ1v) is 10.3. The molecule has 0 bridgehead atoms. The van der Waals surface area contributed by atoms with Gasteiger partial charge in [0.15, 0.2) is 6.10 Å². The highest BCUT2D eigenvalue weighted by molar-refractivity contribution is 7.92. The van der Waals surface area contributed by atoms with Gasteiger partial charge in [-0.15, -0.1) is 0 Å². The average molecular weight is 411 g/mol. The van der Waals surface area contributed by atoms with Gasteiger partial charge < -0.3 is 14.8 Å². The van der Waals surface area contributed by atoms with Gasteiger partial charge in [-0.25, -0.2) is 8.42 Å². The molecule has 1 unspecified atom stereocenters. The highest BCUT2D eigenvalue weighted by atomic mass is 35.5. The Morgan fingerprint density at radius 1 is 1.33 bits per heavy atom. The van der Waals surface area contributed by atoms with E-state index in [1.807, 2.05) is 6.07 Å². The van der Waals surface area contributed by atoms with Crippen LogP contribution in [0.5, 0.6) is 5.75 Å². The van der Waals surface area contributed by atoms with Gasteiger partial charge in [0.25, 0.3) is 5.91 Å². The zero-order valence-corrected chi connectivity index (χ0v) is 16.4. The number of carbonyl (C=O) groups is 1. The summed E-state index contributed by atoms with van der Waals surface area (Å²) >= 11 is 5.97. The summed E-state index contributed by atoms with van der Waals surface area (Å²) in [5, 5.41) is 3.14.